The molecule has 2 N–H and O–H groups in total. The van der Waals surface area contributed by atoms with Gasteiger partial charge in [-0.15, -0.1) is 0 Å². The number of aliphatic hydroxyl groups is 1. The van der Waals surface area contributed by atoms with Crippen molar-refractivity contribution in [2.45, 2.75) is 99.0 Å². The van der Waals surface area contributed by atoms with Crippen LogP contribution in [0.5, 0.6) is 0 Å². The van der Waals surface area contributed by atoms with Gasteiger partial charge in [0.25, 0.3) is 0 Å². The molecular weight excluding hydrogens is 396 g/mol. The molecule has 3 saturated carbocycles. The van der Waals surface area contributed by atoms with Crippen molar-refractivity contribution >= 4 is 5.97 Å². The Hall–Kier alpha value is -1.09. The van der Waals surface area contributed by atoms with Gasteiger partial charge in [0, 0.05) is 5.92 Å². The van der Waals surface area contributed by atoms with Gasteiger partial charge in [0.15, 0.2) is 0 Å². The Morgan fingerprint density at radius 3 is 2.34 bits per heavy atom. The monoisotopic (exact) mass is 440 g/mol. The molecule has 3 fully saturated rings. The number of aliphatic carboxylic acids is 1. The van der Waals surface area contributed by atoms with Crippen LogP contribution in [0.25, 0.3) is 0 Å². The van der Waals surface area contributed by atoms with Crippen LogP contribution in [0.4, 0.5) is 0 Å². The highest BCUT2D eigenvalue weighted by Crippen LogP contribution is 2.74. The maximum Gasteiger partial charge on any atom is 0.307 e. The zero-order valence-corrected chi connectivity index (χ0v) is 21.1. The fourth-order valence-corrected chi connectivity index (χ4v) is 10.2. The molecule has 32 heavy (non-hydrogen) atoms. The Morgan fingerprint density at radius 1 is 0.938 bits per heavy atom. The summed E-state index contributed by atoms with van der Waals surface area (Å²) in [4.78, 5) is 12.1. The summed E-state index contributed by atoms with van der Waals surface area (Å²) in [6.45, 7) is 14.5. The molecule has 0 aromatic carbocycles. The molecule has 0 aromatic rings. The van der Waals surface area contributed by atoms with Gasteiger partial charge in [-0.3, -0.25) is 4.79 Å². The fraction of sp³-hybridized carbons (Fsp3) is 0.828. The SMILES string of the molecule is CC1=CC[C@H](C(=O)O)[C@H]2CC[C@]3(C)C(=CC[C@H]4[C@@]5(C)CC[C@@H](O)C(C)(C)[C@H]5CC[C@]43C)[C@H]12. The normalized spacial score (nSPS) is 51.8. The minimum absolute atomic E-state index is 0.0196. The van der Waals surface area contributed by atoms with Crippen molar-refractivity contribution in [1.29, 1.82) is 0 Å². The second kappa shape index (κ2) is 6.96. The Bertz CT molecular complexity index is 883. The molecule has 3 nitrogen and oxygen atoms in total. The Labute approximate surface area is 194 Å². The lowest BCUT2D eigenvalue weighted by Gasteiger charge is -2.70. The molecular formula is C29H44O3. The van der Waals surface area contributed by atoms with E-state index in [0.717, 1.165) is 32.1 Å². The van der Waals surface area contributed by atoms with E-state index in [-0.39, 0.29) is 39.6 Å². The van der Waals surface area contributed by atoms with E-state index >= 15 is 0 Å². The molecule has 0 unspecified atom stereocenters. The number of carbonyl (C=O) groups is 1. The number of hydrogen-bond donors (Lipinski definition) is 2. The molecule has 5 aliphatic carbocycles. The van der Waals surface area contributed by atoms with Gasteiger partial charge in [0.1, 0.15) is 0 Å². The number of rotatable bonds is 1. The van der Waals surface area contributed by atoms with Crippen molar-refractivity contribution in [2.75, 3.05) is 0 Å². The van der Waals surface area contributed by atoms with Crippen molar-refractivity contribution < 1.29 is 15.0 Å². The summed E-state index contributed by atoms with van der Waals surface area (Å²) in [5.74, 6) is 0.940. The summed E-state index contributed by atoms with van der Waals surface area (Å²) < 4.78 is 0. The lowest BCUT2D eigenvalue weighted by molar-refractivity contribution is -0.199. The second-order valence-electron chi connectivity index (χ2n) is 13.5. The summed E-state index contributed by atoms with van der Waals surface area (Å²) in [6, 6.07) is 0. The largest absolute Gasteiger partial charge is 0.481 e. The first-order valence-corrected chi connectivity index (χ1v) is 13.2. The third-order valence-electron chi connectivity index (χ3n) is 12.3. The van der Waals surface area contributed by atoms with E-state index in [0.29, 0.717) is 24.2 Å². The van der Waals surface area contributed by atoms with Crippen molar-refractivity contribution in [3.8, 4) is 0 Å². The zero-order valence-electron chi connectivity index (χ0n) is 21.1. The van der Waals surface area contributed by atoms with E-state index in [9.17, 15) is 15.0 Å². The molecule has 9 atom stereocenters. The number of aliphatic hydroxyl groups excluding tert-OH is 1. The average molecular weight is 441 g/mol. The van der Waals surface area contributed by atoms with Gasteiger partial charge in [-0.25, -0.2) is 0 Å². The van der Waals surface area contributed by atoms with Crippen molar-refractivity contribution in [3.63, 3.8) is 0 Å². The van der Waals surface area contributed by atoms with Gasteiger partial charge in [0.05, 0.1) is 12.0 Å². The maximum absolute atomic E-state index is 12.1. The van der Waals surface area contributed by atoms with Crippen LogP contribution in [-0.2, 0) is 4.79 Å². The molecule has 0 aliphatic heterocycles. The summed E-state index contributed by atoms with van der Waals surface area (Å²) >= 11 is 0. The molecule has 0 radical (unpaired) electrons. The van der Waals surface area contributed by atoms with Gasteiger partial charge in [0.2, 0.25) is 0 Å². The van der Waals surface area contributed by atoms with Crippen LogP contribution in [0.15, 0.2) is 23.3 Å². The number of carboxylic acids is 1. The summed E-state index contributed by atoms with van der Waals surface area (Å²) in [7, 11) is 0. The van der Waals surface area contributed by atoms with E-state index in [2.05, 4.69) is 53.7 Å². The summed E-state index contributed by atoms with van der Waals surface area (Å²) in [5.41, 5.74) is 3.61. The first kappa shape index (κ1) is 22.7. The van der Waals surface area contributed by atoms with Gasteiger partial charge in [-0.1, -0.05) is 57.9 Å². The smallest absolute Gasteiger partial charge is 0.307 e. The predicted molar refractivity (Wildman–Crippen MR) is 128 cm³/mol. The van der Waals surface area contributed by atoms with Crippen LogP contribution in [0.2, 0.25) is 0 Å². The molecule has 5 aliphatic rings. The first-order chi connectivity index (χ1) is 14.9. The quantitative estimate of drug-likeness (QED) is 0.451. The average Bonchev–Trinajstić information content (AvgIpc) is 2.71. The molecule has 0 heterocycles. The van der Waals surface area contributed by atoms with Crippen LogP contribution in [0.3, 0.4) is 0 Å². The van der Waals surface area contributed by atoms with Crippen molar-refractivity contribution in [2.24, 2.45) is 51.2 Å². The van der Waals surface area contributed by atoms with E-state index in [4.69, 9.17) is 0 Å². The Balaban J connectivity index is 1.58. The minimum Gasteiger partial charge on any atom is -0.481 e. The maximum atomic E-state index is 12.1. The first-order valence-electron chi connectivity index (χ1n) is 13.2. The Morgan fingerprint density at radius 2 is 1.66 bits per heavy atom. The number of fused-ring (bicyclic) bond motifs is 7. The Kier molecular flexibility index (Phi) is 4.94. The summed E-state index contributed by atoms with van der Waals surface area (Å²) in [5, 5.41) is 20.8. The lowest BCUT2D eigenvalue weighted by atomic mass is 9.34. The molecule has 5 rings (SSSR count). The second-order valence-corrected chi connectivity index (χ2v) is 13.5. The predicted octanol–water partition coefficient (Wildman–Crippen LogP) is 6.62. The third-order valence-corrected chi connectivity index (χ3v) is 12.3. The topological polar surface area (TPSA) is 57.5 Å². The van der Waals surface area contributed by atoms with E-state index in [1.54, 1.807) is 5.57 Å². The van der Waals surface area contributed by atoms with Gasteiger partial charge in [-0.05, 0) is 97.7 Å². The highest BCUT2D eigenvalue weighted by molar-refractivity contribution is 5.71. The standard InChI is InChI=1S/C29H44O3/c1-17-7-8-19(25(31)32)18-11-15-28(5)20(24(17)18)9-10-22-27(4)14-13-23(30)26(2,3)21(27)12-16-29(22,28)6/h7,9,18-19,21-24,30H,8,10-16H2,1-6H3,(H,31,32)/t18-,19+,21-,22+,23-,24-,27+,28-,29-/m1/s1. The molecule has 0 amide bonds. The van der Waals surface area contributed by atoms with Crippen LogP contribution in [0.1, 0.15) is 92.9 Å². The number of hydrogen-bond acceptors (Lipinski definition) is 2. The van der Waals surface area contributed by atoms with Crippen LogP contribution in [-0.4, -0.2) is 22.3 Å². The molecule has 3 heteroatoms. The minimum atomic E-state index is -0.608. The van der Waals surface area contributed by atoms with Crippen LogP contribution >= 0.6 is 0 Å². The van der Waals surface area contributed by atoms with Crippen LogP contribution < -0.4 is 0 Å². The fourth-order valence-electron chi connectivity index (χ4n) is 10.2. The van der Waals surface area contributed by atoms with Gasteiger partial charge >= 0.3 is 5.97 Å². The molecule has 0 bridgehead atoms. The molecule has 0 aromatic heterocycles. The summed E-state index contributed by atoms with van der Waals surface area (Å²) in [6.07, 6.45) is 13.1. The van der Waals surface area contributed by atoms with E-state index in [1.165, 1.54) is 18.4 Å². The highest BCUT2D eigenvalue weighted by atomic mass is 16.4. The lowest BCUT2D eigenvalue weighted by Crippen LogP contribution is -2.64. The van der Waals surface area contributed by atoms with E-state index < -0.39 is 5.97 Å². The molecule has 0 spiro atoms. The zero-order chi connectivity index (χ0) is 23.3. The van der Waals surface area contributed by atoms with Gasteiger partial charge in [-0.2, -0.15) is 0 Å². The van der Waals surface area contributed by atoms with Gasteiger partial charge < -0.3 is 10.2 Å². The molecule has 178 valence electrons. The van der Waals surface area contributed by atoms with E-state index in [1.807, 2.05) is 0 Å². The molecule has 0 saturated heterocycles. The number of carboxylic acid groups (broad SMARTS) is 1. The third kappa shape index (κ3) is 2.67. The van der Waals surface area contributed by atoms with Crippen molar-refractivity contribution in [3.05, 3.63) is 23.3 Å². The highest BCUT2D eigenvalue weighted by Gasteiger charge is 2.67. The van der Waals surface area contributed by atoms with Crippen LogP contribution in [0, 0.1) is 51.2 Å². The van der Waals surface area contributed by atoms with Crippen molar-refractivity contribution in [1.82, 2.24) is 0 Å². The number of allylic oxidation sites excluding steroid dienone is 4.